The first-order chi connectivity index (χ1) is 12.5. The minimum absolute atomic E-state index is 0.111. The molecule has 0 saturated carbocycles. The van der Waals surface area contributed by atoms with E-state index in [1.807, 2.05) is 13.0 Å². The molecule has 26 heavy (non-hydrogen) atoms. The van der Waals surface area contributed by atoms with Crippen molar-refractivity contribution in [2.75, 3.05) is 5.32 Å². The molecule has 0 aliphatic rings. The van der Waals surface area contributed by atoms with Crippen molar-refractivity contribution < 1.29 is 4.79 Å². The fourth-order valence-electron chi connectivity index (χ4n) is 2.40. The Kier molecular flexibility index (Phi) is 5.16. The number of carbonyl (C=O) groups is 1. The lowest BCUT2D eigenvalue weighted by atomic mass is 10.2. The molecular formula is C19H17ClN4O2. The monoisotopic (exact) mass is 368 g/mol. The Morgan fingerprint density at radius 2 is 2.00 bits per heavy atom. The molecule has 1 aromatic heterocycles. The van der Waals surface area contributed by atoms with Crippen molar-refractivity contribution in [2.45, 2.75) is 13.5 Å². The summed E-state index contributed by atoms with van der Waals surface area (Å²) >= 11 is 6.12. The molecular weight excluding hydrogens is 352 g/mol. The molecule has 132 valence electrons. The molecule has 0 radical (unpaired) electrons. The Morgan fingerprint density at radius 1 is 1.19 bits per heavy atom. The van der Waals surface area contributed by atoms with Crippen LogP contribution in [-0.4, -0.2) is 15.7 Å². The minimum Gasteiger partial charge on any atom is -0.326 e. The van der Waals surface area contributed by atoms with Gasteiger partial charge >= 0.3 is 0 Å². The van der Waals surface area contributed by atoms with Gasteiger partial charge in [-0.25, -0.2) is 0 Å². The number of hydrogen-bond acceptors (Lipinski definition) is 4. The number of nitrogens with one attached hydrogen (secondary N) is 1. The van der Waals surface area contributed by atoms with Crippen molar-refractivity contribution >= 4 is 23.2 Å². The average molecular weight is 369 g/mol. The third-order valence-corrected chi connectivity index (χ3v) is 4.26. The van der Waals surface area contributed by atoms with Crippen LogP contribution in [0.2, 0.25) is 5.02 Å². The summed E-state index contributed by atoms with van der Waals surface area (Å²) in [5.41, 5.74) is 8.25. The maximum absolute atomic E-state index is 12.5. The van der Waals surface area contributed by atoms with Crippen LogP contribution < -0.4 is 16.6 Å². The average Bonchev–Trinajstić information content (AvgIpc) is 2.64. The highest BCUT2D eigenvalue weighted by Crippen LogP contribution is 2.18. The second-order valence-electron chi connectivity index (χ2n) is 5.76. The van der Waals surface area contributed by atoms with Crippen LogP contribution in [0.4, 0.5) is 5.69 Å². The first-order valence-electron chi connectivity index (χ1n) is 7.95. The Labute approximate surface area is 155 Å². The summed E-state index contributed by atoms with van der Waals surface area (Å²) in [6.45, 7) is 2.24. The second kappa shape index (κ2) is 7.51. The smallest absolute Gasteiger partial charge is 0.276 e. The van der Waals surface area contributed by atoms with Gasteiger partial charge < -0.3 is 11.1 Å². The third-order valence-electron chi connectivity index (χ3n) is 3.85. The van der Waals surface area contributed by atoms with Crippen LogP contribution in [0, 0.1) is 6.92 Å². The van der Waals surface area contributed by atoms with E-state index in [0.717, 1.165) is 15.8 Å². The topological polar surface area (TPSA) is 90.0 Å². The first-order valence-corrected chi connectivity index (χ1v) is 8.33. The predicted octanol–water partition coefficient (Wildman–Crippen LogP) is 2.91. The van der Waals surface area contributed by atoms with Gasteiger partial charge in [0.15, 0.2) is 0 Å². The van der Waals surface area contributed by atoms with Gasteiger partial charge in [0.2, 0.25) is 0 Å². The number of amides is 1. The number of anilines is 1. The molecule has 6 nitrogen and oxygen atoms in total. The SMILES string of the molecule is Cc1ccc(-n2nc(C(=O)Nc3cccc(CN)c3)ccc2=O)cc1Cl. The summed E-state index contributed by atoms with van der Waals surface area (Å²) < 4.78 is 1.15. The summed E-state index contributed by atoms with van der Waals surface area (Å²) in [5.74, 6) is -0.425. The van der Waals surface area contributed by atoms with E-state index in [1.165, 1.54) is 12.1 Å². The minimum atomic E-state index is -0.425. The van der Waals surface area contributed by atoms with E-state index in [2.05, 4.69) is 10.4 Å². The summed E-state index contributed by atoms with van der Waals surface area (Å²) in [6, 6.07) is 15.1. The normalized spacial score (nSPS) is 10.6. The maximum Gasteiger partial charge on any atom is 0.276 e. The summed E-state index contributed by atoms with van der Waals surface area (Å²) in [5, 5.41) is 7.43. The lowest BCUT2D eigenvalue weighted by molar-refractivity contribution is 0.102. The lowest BCUT2D eigenvalue weighted by Crippen LogP contribution is -2.25. The van der Waals surface area contributed by atoms with Crippen LogP contribution in [0.5, 0.6) is 0 Å². The van der Waals surface area contributed by atoms with Crippen molar-refractivity contribution in [2.24, 2.45) is 5.73 Å². The van der Waals surface area contributed by atoms with E-state index in [4.69, 9.17) is 17.3 Å². The Bertz CT molecular complexity index is 1030. The molecule has 0 spiro atoms. The van der Waals surface area contributed by atoms with Crippen molar-refractivity contribution in [3.8, 4) is 5.69 Å². The zero-order valence-electron chi connectivity index (χ0n) is 14.1. The molecule has 0 aliphatic heterocycles. The van der Waals surface area contributed by atoms with Gasteiger partial charge in [0.25, 0.3) is 11.5 Å². The van der Waals surface area contributed by atoms with Gasteiger partial charge in [-0.1, -0.05) is 29.8 Å². The zero-order chi connectivity index (χ0) is 18.7. The number of hydrogen-bond donors (Lipinski definition) is 2. The lowest BCUT2D eigenvalue weighted by Gasteiger charge is -2.09. The quantitative estimate of drug-likeness (QED) is 0.740. The van der Waals surface area contributed by atoms with Crippen molar-refractivity contribution in [1.29, 1.82) is 0 Å². The van der Waals surface area contributed by atoms with Crippen LogP contribution in [0.15, 0.2) is 59.4 Å². The molecule has 0 saturated heterocycles. The molecule has 0 unspecified atom stereocenters. The standard InChI is InChI=1S/C19H17ClN4O2/c1-12-5-6-15(10-16(12)20)24-18(25)8-7-17(23-24)19(26)22-14-4-2-3-13(9-14)11-21/h2-10H,11,21H2,1H3,(H,22,26). The summed E-state index contributed by atoms with van der Waals surface area (Å²) in [6.07, 6.45) is 0. The van der Waals surface area contributed by atoms with Gasteiger partial charge in [-0.2, -0.15) is 9.78 Å². The fraction of sp³-hybridized carbons (Fsp3) is 0.105. The number of carbonyl (C=O) groups excluding carboxylic acids is 1. The van der Waals surface area contributed by atoms with E-state index >= 15 is 0 Å². The van der Waals surface area contributed by atoms with Crippen LogP contribution in [0.3, 0.4) is 0 Å². The molecule has 7 heteroatoms. The van der Waals surface area contributed by atoms with Crippen LogP contribution in [-0.2, 0) is 6.54 Å². The summed E-state index contributed by atoms with van der Waals surface area (Å²) in [4.78, 5) is 24.6. The van der Waals surface area contributed by atoms with Crippen molar-refractivity contribution in [3.05, 3.63) is 86.8 Å². The van der Waals surface area contributed by atoms with Crippen LogP contribution in [0.25, 0.3) is 5.69 Å². The van der Waals surface area contributed by atoms with E-state index < -0.39 is 5.91 Å². The number of nitrogens with zero attached hydrogens (tertiary/aromatic N) is 2. The van der Waals surface area contributed by atoms with Gasteiger partial charge in [0.1, 0.15) is 5.69 Å². The largest absolute Gasteiger partial charge is 0.326 e. The van der Waals surface area contributed by atoms with Gasteiger partial charge in [-0.15, -0.1) is 0 Å². The highest BCUT2D eigenvalue weighted by atomic mass is 35.5. The zero-order valence-corrected chi connectivity index (χ0v) is 14.8. The Hall–Kier alpha value is -2.96. The molecule has 2 aromatic carbocycles. The highest BCUT2D eigenvalue weighted by Gasteiger charge is 2.12. The first kappa shape index (κ1) is 17.8. The van der Waals surface area contributed by atoms with Gasteiger partial charge in [-0.3, -0.25) is 9.59 Å². The van der Waals surface area contributed by atoms with Crippen LogP contribution >= 0.6 is 11.6 Å². The van der Waals surface area contributed by atoms with E-state index in [-0.39, 0.29) is 11.3 Å². The number of rotatable bonds is 4. The molecule has 0 atom stereocenters. The maximum atomic E-state index is 12.5. The Morgan fingerprint density at radius 3 is 2.73 bits per heavy atom. The predicted molar refractivity (Wildman–Crippen MR) is 102 cm³/mol. The third kappa shape index (κ3) is 3.82. The van der Waals surface area contributed by atoms with E-state index in [0.29, 0.717) is 22.9 Å². The molecule has 0 bridgehead atoms. The molecule has 0 fully saturated rings. The number of nitrogens with two attached hydrogens (primary N) is 1. The molecule has 1 heterocycles. The van der Waals surface area contributed by atoms with Crippen LogP contribution in [0.1, 0.15) is 21.6 Å². The van der Waals surface area contributed by atoms with Gasteiger partial charge in [-0.05, 0) is 48.4 Å². The molecule has 3 aromatic rings. The number of benzene rings is 2. The molecule has 3 N–H and O–H groups in total. The van der Waals surface area contributed by atoms with Crippen molar-refractivity contribution in [1.82, 2.24) is 9.78 Å². The number of aromatic nitrogens is 2. The van der Waals surface area contributed by atoms with E-state index in [1.54, 1.807) is 36.4 Å². The van der Waals surface area contributed by atoms with Gasteiger partial charge in [0.05, 0.1) is 5.69 Å². The van der Waals surface area contributed by atoms with Crippen molar-refractivity contribution in [3.63, 3.8) is 0 Å². The molecule has 0 aliphatic carbocycles. The fourth-order valence-corrected chi connectivity index (χ4v) is 2.58. The molecule has 3 rings (SSSR count). The Balaban J connectivity index is 1.92. The molecule has 1 amide bonds. The number of aryl methyl sites for hydroxylation is 1. The second-order valence-corrected chi connectivity index (χ2v) is 6.17. The highest BCUT2D eigenvalue weighted by molar-refractivity contribution is 6.31. The van der Waals surface area contributed by atoms with E-state index in [9.17, 15) is 9.59 Å². The summed E-state index contributed by atoms with van der Waals surface area (Å²) in [7, 11) is 0. The van der Waals surface area contributed by atoms with Gasteiger partial charge in [0, 0.05) is 23.3 Å². The number of halogens is 1.